The molecule has 1 amide bonds. The third-order valence-electron chi connectivity index (χ3n) is 6.54. The lowest BCUT2D eigenvalue weighted by Gasteiger charge is -2.34. The summed E-state index contributed by atoms with van der Waals surface area (Å²) in [7, 11) is 0. The van der Waals surface area contributed by atoms with Crippen LogP contribution in [0, 0.1) is 6.92 Å². The Kier molecular flexibility index (Phi) is 14.1. The lowest BCUT2D eigenvalue weighted by Crippen LogP contribution is -2.56. The number of fused-ring (bicyclic) bond motifs is 1. The average Bonchev–Trinajstić information content (AvgIpc) is 2.86. The molecule has 1 atom stereocenters. The van der Waals surface area contributed by atoms with Crippen molar-refractivity contribution in [2.24, 2.45) is 0 Å². The molecule has 284 valence electrons. The van der Waals surface area contributed by atoms with E-state index in [2.05, 4.69) is 10.3 Å². The highest BCUT2D eigenvalue weighted by Gasteiger charge is 2.35. The third kappa shape index (κ3) is 16.5. The van der Waals surface area contributed by atoms with Crippen molar-refractivity contribution in [3.8, 4) is 0 Å². The van der Waals surface area contributed by atoms with E-state index >= 15 is 0 Å². The number of aromatic amines is 1. The second-order valence-electron chi connectivity index (χ2n) is 16.5. The van der Waals surface area contributed by atoms with Crippen molar-refractivity contribution in [3.05, 3.63) is 40.2 Å². The second kappa shape index (κ2) is 16.8. The predicted octanol–water partition coefficient (Wildman–Crippen LogP) is 4.11. The molecule has 14 heteroatoms. The van der Waals surface area contributed by atoms with E-state index in [1.165, 1.54) is 15.9 Å². The molecular formula is C37H56N4O10. The minimum atomic E-state index is -1.35. The van der Waals surface area contributed by atoms with Crippen LogP contribution in [-0.2, 0) is 42.9 Å². The number of amides is 1. The number of esters is 4. The van der Waals surface area contributed by atoms with Crippen molar-refractivity contribution in [1.82, 2.24) is 14.8 Å². The molecule has 0 fully saturated rings. The van der Waals surface area contributed by atoms with Crippen LogP contribution in [0.4, 0.5) is 5.69 Å². The van der Waals surface area contributed by atoms with E-state index in [0.717, 1.165) is 10.9 Å². The first-order valence-electron chi connectivity index (χ1n) is 16.9. The van der Waals surface area contributed by atoms with Crippen molar-refractivity contribution >= 4 is 46.4 Å². The van der Waals surface area contributed by atoms with Gasteiger partial charge in [-0.05, 0) is 108 Å². The molecule has 2 N–H and O–H groups in total. The Hall–Kier alpha value is -4.30. The predicted molar refractivity (Wildman–Crippen MR) is 193 cm³/mol. The maximum atomic E-state index is 14.3. The van der Waals surface area contributed by atoms with Crippen LogP contribution >= 0.6 is 0 Å². The van der Waals surface area contributed by atoms with Crippen LogP contribution in [0.5, 0.6) is 0 Å². The molecule has 0 aliphatic rings. The molecule has 2 aromatic rings. The van der Waals surface area contributed by atoms with Crippen molar-refractivity contribution in [2.45, 2.75) is 118 Å². The Morgan fingerprint density at radius 2 is 1.08 bits per heavy atom. The average molecular weight is 717 g/mol. The number of hydrogen-bond acceptors (Lipinski definition) is 12. The van der Waals surface area contributed by atoms with Gasteiger partial charge in [0.2, 0.25) is 11.5 Å². The van der Waals surface area contributed by atoms with E-state index in [9.17, 15) is 28.8 Å². The Morgan fingerprint density at radius 1 is 0.667 bits per heavy atom. The maximum Gasteiger partial charge on any atom is 0.320 e. The van der Waals surface area contributed by atoms with Crippen LogP contribution in [0.2, 0.25) is 0 Å². The van der Waals surface area contributed by atoms with Crippen molar-refractivity contribution in [3.63, 3.8) is 0 Å². The summed E-state index contributed by atoms with van der Waals surface area (Å²) >= 11 is 0. The monoisotopic (exact) mass is 716 g/mol. The molecular weight excluding hydrogens is 660 g/mol. The number of ether oxygens (including phenoxy) is 4. The van der Waals surface area contributed by atoms with Gasteiger partial charge in [-0.3, -0.25) is 38.6 Å². The van der Waals surface area contributed by atoms with E-state index in [1.54, 1.807) is 108 Å². The summed E-state index contributed by atoms with van der Waals surface area (Å²) in [5.74, 6) is -3.49. The van der Waals surface area contributed by atoms with Crippen LogP contribution in [-0.4, -0.2) is 106 Å². The number of carbonyl (C=O) groups excluding carboxylic acids is 5. The van der Waals surface area contributed by atoms with Crippen LogP contribution in [0.15, 0.2) is 29.1 Å². The lowest BCUT2D eigenvalue weighted by molar-refractivity contribution is -0.165. The van der Waals surface area contributed by atoms with Gasteiger partial charge in [0.05, 0.1) is 31.7 Å². The van der Waals surface area contributed by atoms with E-state index in [1.807, 2.05) is 0 Å². The summed E-state index contributed by atoms with van der Waals surface area (Å²) in [6, 6.07) is 5.09. The first kappa shape index (κ1) is 42.9. The first-order chi connectivity index (χ1) is 23.1. The number of pyridine rings is 1. The van der Waals surface area contributed by atoms with Gasteiger partial charge >= 0.3 is 23.9 Å². The van der Waals surface area contributed by atoms with Crippen LogP contribution in [0.1, 0.15) is 88.6 Å². The number of nitrogens with zero attached hydrogens (tertiary/aromatic N) is 2. The molecule has 0 aliphatic carbocycles. The van der Waals surface area contributed by atoms with Crippen molar-refractivity contribution in [1.29, 1.82) is 0 Å². The molecule has 0 spiro atoms. The van der Waals surface area contributed by atoms with E-state index < -0.39 is 84.4 Å². The topological polar surface area (TPSA) is 174 Å². The minimum absolute atomic E-state index is 0.305. The summed E-state index contributed by atoms with van der Waals surface area (Å²) in [5, 5.41) is 3.58. The van der Waals surface area contributed by atoms with E-state index in [4.69, 9.17) is 18.9 Å². The fourth-order valence-electron chi connectivity index (χ4n) is 5.00. The zero-order valence-electron chi connectivity index (χ0n) is 32.4. The largest absolute Gasteiger partial charge is 0.459 e. The summed E-state index contributed by atoms with van der Waals surface area (Å²) in [5.41, 5.74) is -2.25. The van der Waals surface area contributed by atoms with Gasteiger partial charge in [-0.15, -0.1) is 0 Å². The zero-order valence-corrected chi connectivity index (χ0v) is 32.4. The number of hydrogen-bond donors (Lipinski definition) is 2. The molecule has 0 radical (unpaired) electrons. The smallest absolute Gasteiger partial charge is 0.320 e. The number of nitrogens with one attached hydrogen (secondary N) is 2. The van der Waals surface area contributed by atoms with Gasteiger partial charge in [-0.2, -0.15) is 0 Å². The number of aromatic nitrogens is 1. The highest BCUT2D eigenvalue weighted by molar-refractivity contribution is 5.98. The number of benzene rings is 1. The fourth-order valence-corrected chi connectivity index (χ4v) is 5.00. The Bertz CT molecular complexity index is 1580. The molecule has 51 heavy (non-hydrogen) atoms. The number of carbonyl (C=O) groups is 5. The summed E-state index contributed by atoms with van der Waals surface area (Å²) in [6.07, 6.45) is 0. The molecule has 0 saturated heterocycles. The fraction of sp³-hybridized carbons (Fsp3) is 0.622. The van der Waals surface area contributed by atoms with Crippen molar-refractivity contribution in [2.75, 3.05) is 38.0 Å². The maximum absolute atomic E-state index is 14.3. The molecule has 1 heterocycles. The number of H-pyrrole nitrogens is 1. The molecule has 1 unspecified atom stereocenters. The molecule has 14 nitrogen and oxygen atoms in total. The summed E-state index contributed by atoms with van der Waals surface area (Å²) < 4.78 is 22.2. The van der Waals surface area contributed by atoms with Gasteiger partial charge in [0.15, 0.2) is 0 Å². The minimum Gasteiger partial charge on any atom is -0.459 e. The second-order valence-corrected chi connectivity index (χ2v) is 16.5. The van der Waals surface area contributed by atoms with Gasteiger partial charge in [0, 0.05) is 23.7 Å². The first-order valence-corrected chi connectivity index (χ1v) is 16.9. The lowest BCUT2D eigenvalue weighted by atomic mass is 10.1. The number of anilines is 1. The molecule has 1 aromatic carbocycles. The van der Waals surface area contributed by atoms with Gasteiger partial charge in [-0.25, -0.2) is 0 Å². The summed E-state index contributed by atoms with van der Waals surface area (Å²) in [6.45, 7) is 19.8. The van der Waals surface area contributed by atoms with Gasteiger partial charge in [0.25, 0.3) is 0 Å². The third-order valence-corrected chi connectivity index (χ3v) is 6.54. The van der Waals surface area contributed by atoms with E-state index in [-0.39, 0.29) is 12.1 Å². The number of aryl methyl sites for hydroxylation is 1. The number of rotatable bonds is 13. The van der Waals surface area contributed by atoms with Gasteiger partial charge < -0.3 is 29.2 Å². The van der Waals surface area contributed by atoms with Crippen LogP contribution < -0.4 is 10.9 Å². The molecule has 1 aromatic heterocycles. The summed E-state index contributed by atoms with van der Waals surface area (Å²) in [4.78, 5) is 84.6. The highest BCUT2D eigenvalue weighted by Crippen LogP contribution is 2.21. The molecule has 2 rings (SSSR count). The standard InChI is InChI=1S/C37H56N4O10/c1-23-16-28(42)39-26-17-24(14-15-25(23)26)38-33(47)27(41(21-31(45)50-36(8,9)10)22-32(46)51-37(11,12)13)18-40(19-29(43)48-34(2,3)4)20-30(44)49-35(5,6)7/h14-17,27H,18-22H2,1-13H3,(H,38,47)(H,39,42). The Balaban J connectivity index is 2.67. The van der Waals surface area contributed by atoms with Crippen LogP contribution in [0.25, 0.3) is 10.9 Å². The van der Waals surface area contributed by atoms with Crippen molar-refractivity contribution < 1.29 is 42.9 Å². The van der Waals surface area contributed by atoms with E-state index in [0.29, 0.717) is 11.2 Å². The van der Waals surface area contributed by atoms with Crippen LogP contribution in [0.3, 0.4) is 0 Å². The Morgan fingerprint density at radius 3 is 1.49 bits per heavy atom. The zero-order chi connectivity index (χ0) is 39.1. The molecule has 0 saturated carbocycles. The molecule has 0 bridgehead atoms. The highest BCUT2D eigenvalue weighted by atomic mass is 16.6. The molecule has 0 aliphatic heterocycles. The van der Waals surface area contributed by atoms with Gasteiger partial charge in [-0.1, -0.05) is 6.07 Å². The normalized spacial score (nSPS) is 13.2. The Labute approximate surface area is 300 Å². The SMILES string of the molecule is Cc1cc(=O)[nH]c2cc(NC(=O)C(CN(CC(=O)OC(C)(C)C)CC(=O)OC(C)(C)C)N(CC(=O)OC(C)(C)C)CC(=O)OC(C)(C)C)ccc12. The quantitative estimate of drug-likeness (QED) is 0.225. The van der Waals surface area contributed by atoms with Gasteiger partial charge in [0.1, 0.15) is 28.4 Å².